The lowest BCUT2D eigenvalue weighted by Gasteiger charge is -2.50. The lowest BCUT2D eigenvalue weighted by molar-refractivity contribution is 0.0884. The van der Waals surface area contributed by atoms with E-state index in [1.807, 2.05) is 25.3 Å². The second-order valence-corrected chi connectivity index (χ2v) is 9.04. The summed E-state index contributed by atoms with van der Waals surface area (Å²) >= 11 is 0. The molecule has 0 saturated heterocycles. The van der Waals surface area contributed by atoms with Gasteiger partial charge in [0.2, 0.25) is 0 Å². The number of aryl methyl sites for hydroxylation is 2. The van der Waals surface area contributed by atoms with Crippen molar-refractivity contribution in [3.8, 4) is 5.75 Å². The minimum atomic E-state index is -1.25. The molecule has 1 saturated carbocycles. The smallest absolute Gasteiger partial charge is 0.449 e. The molecule has 1 aromatic heterocycles. The van der Waals surface area contributed by atoms with Crippen LogP contribution in [0.25, 0.3) is 5.57 Å². The Labute approximate surface area is 170 Å². The minimum absolute atomic E-state index is 0.195. The quantitative estimate of drug-likeness (QED) is 0.550. The molecule has 0 aliphatic heterocycles. The molecule has 1 heterocycles. The van der Waals surface area contributed by atoms with Crippen molar-refractivity contribution in [3.05, 3.63) is 58.9 Å². The van der Waals surface area contributed by atoms with Gasteiger partial charge in [0.15, 0.2) is 0 Å². The van der Waals surface area contributed by atoms with Crippen LogP contribution in [0, 0.1) is 24.2 Å². The molecule has 0 bridgehead atoms. The molecule has 0 unspecified atom stereocenters. The zero-order chi connectivity index (χ0) is 20.2. The van der Waals surface area contributed by atoms with Crippen LogP contribution in [0.15, 0.2) is 36.5 Å². The van der Waals surface area contributed by atoms with E-state index in [9.17, 15) is 4.79 Å². The molecule has 4 atom stereocenters. The highest BCUT2D eigenvalue weighted by atomic mass is 16.7. The topological polar surface area (TPSA) is 72.3 Å². The summed E-state index contributed by atoms with van der Waals surface area (Å²) in [5.41, 5.74) is 6.50. The third kappa shape index (κ3) is 2.95. The Morgan fingerprint density at radius 3 is 2.93 bits per heavy atom. The molecule has 5 nitrogen and oxygen atoms in total. The average Bonchev–Trinajstić information content (AvgIpc) is 3.04. The number of allylic oxidation sites excluding steroid dienone is 2. The second-order valence-electron chi connectivity index (χ2n) is 9.04. The predicted molar refractivity (Wildman–Crippen MR) is 110 cm³/mol. The molecule has 3 aliphatic carbocycles. The molecule has 2 aromatic rings. The number of aromatic nitrogens is 2. The lowest BCUT2D eigenvalue weighted by Crippen LogP contribution is -2.40. The van der Waals surface area contributed by atoms with Crippen LogP contribution in [-0.4, -0.2) is 21.5 Å². The summed E-state index contributed by atoms with van der Waals surface area (Å²) in [6.45, 7) is 4.45. The van der Waals surface area contributed by atoms with Crippen LogP contribution in [-0.2, 0) is 6.42 Å². The van der Waals surface area contributed by atoms with Crippen molar-refractivity contribution in [2.45, 2.75) is 51.9 Å². The molecule has 0 radical (unpaired) electrons. The summed E-state index contributed by atoms with van der Waals surface area (Å²) in [4.78, 5) is 10.9. The molecule has 5 heteroatoms. The molecule has 0 spiro atoms. The molecule has 1 fully saturated rings. The van der Waals surface area contributed by atoms with Gasteiger partial charge in [-0.3, -0.25) is 0 Å². The van der Waals surface area contributed by atoms with Gasteiger partial charge >= 0.3 is 6.16 Å². The predicted octanol–water partition coefficient (Wildman–Crippen LogP) is 5.39. The Hall–Kier alpha value is -2.69. The summed E-state index contributed by atoms with van der Waals surface area (Å²) in [5, 5.41) is 17.2. The van der Waals surface area contributed by atoms with Crippen molar-refractivity contribution >= 4 is 11.7 Å². The van der Waals surface area contributed by atoms with E-state index in [1.165, 1.54) is 35.1 Å². The number of hydrogen-bond donors (Lipinski definition) is 1. The molecule has 150 valence electrons. The third-order valence-corrected chi connectivity index (χ3v) is 7.57. The highest BCUT2D eigenvalue weighted by Crippen LogP contribution is 2.63. The van der Waals surface area contributed by atoms with Gasteiger partial charge in [0.05, 0.1) is 11.9 Å². The fourth-order valence-corrected chi connectivity index (χ4v) is 6.36. The highest BCUT2D eigenvalue weighted by molar-refractivity contribution is 5.72. The number of hydrogen-bond acceptors (Lipinski definition) is 4. The first-order valence-electron chi connectivity index (χ1n) is 10.5. The van der Waals surface area contributed by atoms with Crippen LogP contribution in [0.4, 0.5) is 4.79 Å². The fraction of sp³-hybridized carbons (Fsp3) is 0.458. The van der Waals surface area contributed by atoms with Gasteiger partial charge in [-0.15, -0.1) is 0 Å². The van der Waals surface area contributed by atoms with E-state index in [0.717, 1.165) is 25.0 Å². The standard InChI is InChI=1S/C24H26N2O3/c1-14-11-16(13-25-26-14)21-7-8-22-20-5-3-15-12-17(29-23(27)28)4-6-18(15)19(20)9-10-24(21,22)2/h4,6-7,11-13,19-20,22H,3,5,8-10H2,1-2H3,(H,27,28)/t19-,20-,22+,24-/m1/s1. The van der Waals surface area contributed by atoms with Gasteiger partial charge in [-0.05, 0) is 103 Å². The maximum absolute atomic E-state index is 10.9. The van der Waals surface area contributed by atoms with Crippen molar-refractivity contribution in [2.24, 2.45) is 17.3 Å². The lowest BCUT2D eigenvalue weighted by atomic mass is 9.54. The van der Waals surface area contributed by atoms with Gasteiger partial charge in [0.25, 0.3) is 0 Å². The molecule has 5 rings (SSSR count). The molecule has 1 aromatic carbocycles. The summed E-state index contributed by atoms with van der Waals surface area (Å²) in [6.07, 6.45) is 8.72. The first-order chi connectivity index (χ1) is 14.0. The van der Waals surface area contributed by atoms with Crippen LogP contribution < -0.4 is 4.74 Å². The maximum Gasteiger partial charge on any atom is 0.511 e. The van der Waals surface area contributed by atoms with Gasteiger partial charge in [-0.1, -0.05) is 19.1 Å². The van der Waals surface area contributed by atoms with E-state index in [2.05, 4.69) is 35.3 Å². The van der Waals surface area contributed by atoms with Crippen molar-refractivity contribution in [2.75, 3.05) is 0 Å². The minimum Gasteiger partial charge on any atom is -0.449 e. The van der Waals surface area contributed by atoms with Crippen molar-refractivity contribution in [1.82, 2.24) is 10.2 Å². The molecule has 1 N–H and O–H groups in total. The van der Waals surface area contributed by atoms with Crippen LogP contribution in [0.1, 0.15) is 60.9 Å². The number of carbonyl (C=O) groups is 1. The number of fused-ring (bicyclic) bond motifs is 5. The van der Waals surface area contributed by atoms with Gasteiger partial charge < -0.3 is 9.84 Å². The first kappa shape index (κ1) is 18.3. The normalized spacial score (nSPS) is 30.0. The van der Waals surface area contributed by atoms with Gasteiger partial charge in [-0.25, -0.2) is 4.79 Å². The second kappa shape index (κ2) is 6.68. The van der Waals surface area contributed by atoms with Crippen molar-refractivity contribution in [1.29, 1.82) is 0 Å². The van der Waals surface area contributed by atoms with E-state index >= 15 is 0 Å². The Morgan fingerprint density at radius 2 is 2.14 bits per heavy atom. The number of ether oxygens (including phenoxy) is 1. The van der Waals surface area contributed by atoms with E-state index in [4.69, 9.17) is 9.84 Å². The van der Waals surface area contributed by atoms with Crippen molar-refractivity contribution in [3.63, 3.8) is 0 Å². The molecular weight excluding hydrogens is 364 g/mol. The third-order valence-electron chi connectivity index (χ3n) is 7.57. The largest absolute Gasteiger partial charge is 0.511 e. The van der Waals surface area contributed by atoms with E-state index < -0.39 is 6.16 Å². The monoisotopic (exact) mass is 390 g/mol. The van der Waals surface area contributed by atoms with Crippen LogP contribution in [0.5, 0.6) is 5.75 Å². The molecular formula is C24H26N2O3. The number of carboxylic acid groups (broad SMARTS) is 1. The van der Waals surface area contributed by atoms with E-state index in [1.54, 1.807) is 0 Å². The Bertz CT molecular complexity index is 1010. The van der Waals surface area contributed by atoms with E-state index in [-0.39, 0.29) is 5.41 Å². The Kier molecular flexibility index (Phi) is 4.23. The first-order valence-corrected chi connectivity index (χ1v) is 10.5. The SMILES string of the molecule is Cc1cc(C2=CC[C@H]3[C@@H]4CCc5cc(OC(=O)O)ccc5[C@H]4CC[C@]23C)cnn1. The molecule has 0 amide bonds. The average molecular weight is 390 g/mol. The van der Waals surface area contributed by atoms with Crippen LogP contribution in [0.3, 0.4) is 0 Å². The van der Waals surface area contributed by atoms with Crippen LogP contribution >= 0.6 is 0 Å². The maximum atomic E-state index is 10.9. The molecule has 3 aliphatic rings. The number of nitrogens with zero attached hydrogens (tertiary/aromatic N) is 2. The Balaban J connectivity index is 1.43. The number of rotatable bonds is 2. The van der Waals surface area contributed by atoms with Gasteiger partial charge in [-0.2, -0.15) is 10.2 Å². The van der Waals surface area contributed by atoms with Gasteiger partial charge in [0, 0.05) is 0 Å². The fourth-order valence-electron chi connectivity index (χ4n) is 6.36. The number of benzene rings is 1. The molecule has 29 heavy (non-hydrogen) atoms. The van der Waals surface area contributed by atoms with Gasteiger partial charge in [0.1, 0.15) is 5.75 Å². The summed E-state index contributed by atoms with van der Waals surface area (Å²) in [7, 11) is 0. The van der Waals surface area contributed by atoms with Crippen molar-refractivity contribution < 1.29 is 14.6 Å². The summed E-state index contributed by atoms with van der Waals surface area (Å²) in [6, 6.07) is 8.01. The summed E-state index contributed by atoms with van der Waals surface area (Å²) in [5.74, 6) is 2.30. The van der Waals surface area contributed by atoms with E-state index in [0.29, 0.717) is 23.5 Å². The summed E-state index contributed by atoms with van der Waals surface area (Å²) < 4.78 is 4.87. The zero-order valence-electron chi connectivity index (χ0n) is 16.9. The van der Waals surface area contributed by atoms with Crippen LogP contribution in [0.2, 0.25) is 0 Å². The zero-order valence-corrected chi connectivity index (χ0v) is 16.9. The Morgan fingerprint density at radius 1 is 1.28 bits per heavy atom. The highest BCUT2D eigenvalue weighted by Gasteiger charge is 2.51.